The fourth-order valence-electron chi connectivity index (χ4n) is 2.41. The van der Waals surface area contributed by atoms with Crippen molar-refractivity contribution < 1.29 is 21.6 Å². The van der Waals surface area contributed by atoms with Crippen LogP contribution in [0.2, 0.25) is 0 Å². The minimum atomic E-state index is -4.48. The standard InChI is InChI=1S/C11H19F3N2O2S/c12-11(13,14)8-16(10-4-5-10)19(17,18)7-9-3-1-2-6-15-9/h9-10,15H,1-8H2. The van der Waals surface area contributed by atoms with E-state index in [2.05, 4.69) is 5.32 Å². The van der Waals surface area contributed by atoms with Gasteiger partial charge in [-0.2, -0.15) is 17.5 Å². The van der Waals surface area contributed by atoms with E-state index in [9.17, 15) is 21.6 Å². The van der Waals surface area contributed by atoms with Gasteiger partial charge in [0, 0.05) is 12.1 Å². The molecule has 0 spiro atoms. The lowest BCUT2D eigenvalue weighted by Crippen LogP contribution is -2.47. The number of nitrogens with one attached hydrogen (secondary N) is 1. The molecule has 0 aromatic carbocycles. The molecule has 1 N–H and O–H groups in total. The smallest absolute Gasteiger partial charge is 0.313 e. The highest BCUT2D eigenvalue weighted by atomic mass is 32.2. The maximum atomic E-state index is 12.5. The van der Waals surface area contributed by atoms with Gasteiger partial charge in [-0.05, 0) is 32.2 Å². The second kappa shape index (κ2) is 5.57. The van der Waals surface area contributed by atoms with E-state index in [1.165, 1.54) is 0 Å². The van der Waals surface area contributed by atoms with Crippen LogP contribution < -0.4 is 5.32 Å². The summed E-state index contributed by atoms with van der Waals surface area (Å²) < 4.78 is 62.4. The van der Waals surface area contributed by atoms with Crippen LogP contribution in [0.15, 0.2) is 0 Å². The predicted octanol–water partition coefficient (Wildman–Crippen LogP) is 1.49. The van der Waals surface area contributed by atoms with Gasteiger partial charge in [-0.3, -0.25) is 0 Å². The first-order valence-corrected chi connectivity index (χ1v) is 8.18. The van der Waals surface area contributed by atoms with Gasteiger partial charge in [-0.1, -0.05) is 6.42 Å². The van der Waals surface area contributed by atoms with Gasteiger partial charge in [0.25, 0.3) is 0 Å². The molecule has 2 aliphatic rings. The number of alkyl halides is 3. The van der Waals surface area contributed by atoms with Gasteiger partial charge in [0.2, 0.25) is 10.0 Å². The van der Waals surface area contributed by atoms with Crippen molar-refractivity contribution in [1.29, 1.82) is 0 Å². The first kappa shape index (κ1) is 15.1. The number of halogens is 3. The van der Waals surface area contributed by atoms with Gasteiger partial charge in [0.15, 0.2) is 0 Å². The van der Waals surface area contributed by atoms with E-state index in [1.54, 1.807) is 0 Å². The molecule has 1 heterocycles. The monoisotopic (exact) mass is 300 g/mol. The van der Waals surface area contributed by atoms with Crippen LogP contribution in [0.25, 0.3) is 0 Å². The van der Waals surface area contributed by atoms with E-state index in [1.807, 2.05) is 0 Å². The number of piperidine rings is 1. The van der Waals surface area contributed by atoms with Crippen LogP contribution in [0.1, 0.15) is 32.1 Å². The summed E-state index contributed by atoms with van der Waals surface area (Å²) in [5, 5.41) is 3.07. The lowest BCUT2D eigenvalue weighted by atomic mass is 10.1. The van der Waals surface area contributed by atoms with Crippen LogP contribution in [0.3, 0.4) is 0 Å². The van der Waals surface area contributed by atoms with Crippen molar-refractivity contribution in [1.82, 2.24) is 9.62 Å². The first-order chi connectivity index (χ1) is 8.78. The molecule has 112 valence electrons. The average molecular weight is 300 g/mol. The molecule has 0 aromatic rings. The van der Waals surface area contributed by atoms with E-state index in [0.717, 1.165) is 19.4 Å². The minimum absolute atomic E-state index is 0.215. The van der Waals surface area contributed by atoms with Crippen molar-refractivity contribution >= 4 is 10.0 Å². The second-order valence-corrected chi connectivity index (χ2v) is 7.28. The van der Waals surface area contributed by atoms with Crippen LogP contribution in [-0.2, 0) is 10.0 Å². The molecular weight excluding hydrogens is 281 g/mol. The number of sulfonamides is 1. The van der Waals surface area contributed by atoms with Gasteiger partial charge < -0.3 is 5.32 Å². The third kappa shape index (κ3) is 4.61. The zero-order valence-corrected chi connectivity index (χ0v) is 11.4. The van der Waals surface area contributed by atoms with E-state index < -0.39 is 28.8 Å². The highest BCUT2D eigenvalue weighted by molar-refractivity contribution is 7.89. The lowest BCUT2D eigenvalue weighted by molar-refractivity contribution is -0.137. The molecule has 4 nitrogen and oxygen atoms in total. The predicted molar refractivity (Wildman–Crippen MR) is 65.2 cm³/mol. The molecule has 1 aliphatic carbocycles. The molecule has 1 unspecified atom stereocenters. The van der Waals surface area contributed by atoms with E-state index in [4.69, 9.17) is 0 Å². The Kier molecular flexibility index (Phi) is 4.42. The summed E-state index contributed by atoms with van der Waals surface area (Å²) in [6, 6.07) is -0.663. The fourth-order valence-corrected chi connectivity index (χ4v) is 4.40. The molecule has 19 heavy (non-hydrogen) atoms. The van der Waals surface area contributed by atoms with Crippen LogP contribution in [0.4, 0.5) is 13.2 Å². The van der Waals surface area contributed by atoms with Crippen LogP contribution in [0.5, 0.6) is 0 Å². The van der Waals surface area contributed by atoms with Crippen molar-refractivity contribution in [2.75, 3.05) is 18.8 Å². The van der Waals surface area contributed by atoms with Crippen molar-refractivity contribution in [3.8, 4) is 0 Å². The minimum Gasteiger partial charge on any atom is -0.313 e. The molecule has 1 atom stereocenters. The Morgan fingerprint density at radius 2 is 1.84 bits per heavy atom. The Labute approximate surface area is 111 Å². The molecule has 0 bridgehead atoms. The second-order valence-electron chi connectivity index (χ2n) is 5.32. The highest BCUT2D eigenvalue weighted by Gasteiger charge is 2.44. The highest BCUT2D eigenvalue weighted by Crippen LogP contribution is 2.33. The number of nitrogens with zero attached hydrogens (tertiary/aromatic N) is 1. The van der Waals surface area contributed by atoms with E-state index >= 15 is 0 Å². The molecule has 0 radical (unpaired) electrons. The number of hydrogen-bond donors (Lipinski definition) is 1. The van der Waals surface area contributed by atoms with Crippen LogP contribution in [0, 0.1) is 0 Å². The molecule has 0 aromatic heterocycles. The quantitative estimate of drug-likeness (QED) is 0.837. The average Bonchev–Trinajstić information content (AvgIpc) is 3.09. The Hall–Kier alpha value is -0.340. The summed E-state index contributed by atoms with van der Waals surface area (Å²) in [6.45, 7) is -0.615. The van der Waals surface area contributed by atoms with Crippen molar-refractivity contribution in [2.24, 2.45) is 0 Å². The zero-order chi connectivity index (χ0) is 14.1. The Balaban J connectivity index is 2.01. The largest absolute Gasteiger partial charge is 0.402 e. The fraction of sp³-hybridized carbons (Fsp3) is 1.00. The van der Waals surface area contributed by atoms with Crippen LogP contribution >= 0.6 is 0 Å². The van der Waals surface area contributed by atoms with Gasteiger partial charge in [-0.15, -0.1) is 0 Å². The zero-order valence-electron chi connectivity index (χ0n) is 10.6. The Bertz CT molecular complexity index is 401. The summed E-state index contributed by atoms with van der Waals surface area (Å²) in [5.74, 6) is -0.223. The summed E-state index contributed by atoms with van der Waals surface area (Å²) in [6.07, 6.45) is -0.776. The molecule has 2 fully saturated rings. The third-order valence-electron chi connectivity index (χ3n) is 3.47. The molecule has 0 amide bonds. The molecule has 1 saturated heterocycles. The summed E-state index contributed by atoms with van der Waals surface area (Å²) in [7, 11) is -3.84. The van der Waals surface area contributed by atoms with E-state index in [0.29, 0.717) is 23.6 Å². The number of rotatable bonds is 5. The number of hydrogen-bond acceptors (Lipinski definition) is 3. The Morgan fingerprint density at radius 3 is 2.32 bits per heavy atom. The molecule has 8 heteroatoms. The summed E-state index contributed by atoms with van der Waals surface area (Å²) in [4.78, 5) is 0. The topological polar surface area (TPSA) is 49.4 Å². The van der Waals surface area contributed by atoms with Gasteiger partial charge >= 0.3 is 6.18 Å². The lowest BCUT2D eigenvalue weighted by Gasteiger charge is -2.28. The SMILES string of the molecule is O=S(=O)(CC1CCCCN1)N(CC(F)(F)F)C1CC1. The molecule has 2 rings (SSSR count). The van der Waals surface area contributed by atoms with Gasteiger partial charge in [0.1, 0.15) is 6.54 Å². The van der Waals surface area contributed by atoms with E-state index in [-0.39, 0.29) is 11.8 Å². The van der Waals surface area contributed by atoms with Crippen molar-refractivity contribution in [2.45, 2.75) is 50.4 Å². The third-order valence-corrected chi connectivity index (χ3v) is 5.44. The maximum Gasteiger partial charge on any atom is 0.402 e. The van der Waals surface area contributed by atoms with Crippen molar-refractivity contribution in [3.05, 3.63) is 0 Å². The first-order valence-electron chi connectivity index (χ1n) is 6.57. The molecule has 1 saturated carbocycles. The summed E-state index contributed by atoms with van der Waals surface area (Å²) >= 11 is 0. The van der Waals surface area contributed by atoms with Gasteiger partial charge in [0.05, 0.1) is 5.75 Å². The maximum absolute atomic E-state index is 12.5. The summed E-state index contributed by atoms with van der Waals surface area (Å²) in [5.41, 5.74) is 0. The molecular formula is C11H19F3N2O2S. The normalized spacial score (nSPS) is 25.8. The molecule has 1 aliphatic heterocycles. The van der Waals surface area contributed by atoms with Gasteiger partial charge in [-0.25, -0.2) is 8.42 Å². The Morgan fingerprint density at radius 1 is 1.16 bits per heavy atom. The van der Waals surface area contributed by atoms with Crippen molar-refractivity contribution in [3.63, 3.8) is 0 Å². The van der Waals surface area contributed by atoms with Crippen LogP contribution in [-0.4, -0.2) is 49.8 Å².